The quantitative estimate of drug-likeness (QED) is 0.741. The van der Waals surface area contributed by atoms with E-state index in [1.165, 1.54) is 11.8 Å². The van der Waals surface area contributed by atoms with Gasteiger partial charge < -0.3 is 9.64 Å². The average molecular weight is 403 g/mol. The highest BCUT2D eigenvalue weighted by atomic mass is 32.2. The molecule has 0 spiro atoms. The highest BCUT2D eigenvalue weighted by Crippen LogP contribution is 2.16. The number of benzene rings is 2. The number of hydrogen-bond donors (Lipinski definition) is 0. The predicted octanol–water partition coefficient (Wildman–Crippen LogP) is 2.20. The van der Waals surface area contributed by atoms with Gasteiger partial charge in [-0.05, 0) is 35.4 Å². The van der Waals surface area contributed by atoms with Crippen LogP contribution >= 0.6 is 0 Å². The van der Waals surface area contributed by atoms with Gasteiger partial charge in [0.05, 0.1) is 12.9 Å². The topological polar surface area (TPSA) is 66.9 Å². The molecule has 1 aliphatic rings. The first-order valence-corrected chi connectivity index (χ1v) is 11.3. The molecule has 0 N–H and O–H groups in total. The van der Waals surface area contributed by atoms with Crippen LogP contribution in [0.15, 0.2) is 48.5 Å². The maximum absolute atomic E-state index is 12.7. The summed E-state index contributed by atoms with van der Waals surface area (Å²) in [6.07, 6.45) is 1.21. The van der Waals surface area contributed by atoms with E-state index in [0.29, 0.717) is 24.2 Å². The Morgan fingerprint density at radius 1 is 0.929 bits per heavy atom. The lowest BCUT2D eigenvalue weighted by Gasteiger charge is -2.34. The minimum absolute atomic E-state index is 0.00463. The second-order valence-corrected chi connectivity index (χ2v) is 9.32. The molecule has 150 valence electrons. The van der Waals surface area contributed by atoms with E-state index >= 15 is 0 Å². The standard InChI is InChI=1S/C21H26N2O4S/c1-27-20-9-5-17(6-10-20)15-22-11-13-23(14-12-22)21(24)19-7-3-18(4-8-19)16-28(2,25)26/h3-10H,11-16H2,1-2H3. The number of carbonyl (C=O) groups is 1. The Morgan fingerprint density at radius 2 is 1.50 bits per heavy atom. The minimum Gasteiger partial charge on any atom is -0.497 e. The van der Waals surface area contributed by atoms with Crippen LogP contribution in [0.3, 0.4) is 0 Å². The zero-order chi connectivity index (χ0) is 20.1. The predicted molar refractivity (Wildman–Crippen MR) is 109 cm³/mol. The molecule has 1 amide bonds. The van der Waals surface area contributed by atoms with E-state index < -0.39 is 9.84 Å². The number of piperazine rings is 1. The molecule has 0 radical (unpaired) electrons. The maximum Gasteiger partial charge on any atom is 0.253 e. The summed E-state index contributed by atoms with van der Waals surface area (Å²) >= 11 is 0. The van der Waals surface area contributed by atoms with Crippen LogP contribution in [0.4, 0.5) is 0 Å². The zero-order valence-corrected chi connectivity index (χ0v) is 17.1. The van der Waals surface area contributed by atoms with Gasteiger partial charge in [-0.2, -0.15) is 0 Å². The zero-order valence-electron chi connectivity index (χ0n) is 16.3. The summed E-state index contributed by atoms with van der Waals surface area (Å²) in [5.74, 6) is 0.836. The van der Waals surface area contributed by atoms with Crippen molar-refractivity contribution in [2.24, 2.45) is 0 Å². The molecule has 0 aliphatic carbocycles. The van der Waals surface area contributed by atoms with E-state index in [9.17, 15) is 13.2 Å². The lowest BCUT2D eigenvalue weighted by atomic mass is 10.1. The third kappa shape index (κ3) is 5.56. The molecule has 6 nitrogen and oxygen atoms in total. The Bertz CT molecular complexity index is 900. The third-order valence-corrected chi connectivity index (χ3v) is 5.71. The van der Waals surface area contributed by atoms with Crippen molar-refractivity contribution in [2.75, 3.05) is 39.5 Å². The second kappa shape index (κ2) is 8.75. The molecule has 7 heteroatoms. The van der Waals surface area contributed by atoms with E-state index in [-0.39, 0.29) is 11.7 Å². The summed E-state index contributed by atoms with van der Waals surface area (Å²) in [5.41, 5.74) is 2.52. The summed E-state index contributed by atoms with van der Waals surface area (Å²) in [7, 11) is -1.42. The van der Waals surface area contributed by atoms with Crippen molar-refractivity contribution in [3.63, 3.8) is 0 Å². The van der Waals surface area contributed by atoms with Gasteiger partial charge in [0.1, 0.15) is 5.75 Å². The molecule has 1 aliphatic heterocycles. The van der Waals surface area contributed by atoms with Crippen LogP contribution in [-0.4, -0.2) is 63.7 Å². The van der Waals surface area contributed by atoms with E-state index in [2.05, 4.69) is 17.0 Å². The van der Waals surface area contributed by atoms with Crippen molar-refractivity contribution in [1.29, 1.82) is 0 Å². The lowest BCUT2D eigenvalue weighted by molar-refractivity contribution is 0.0628. The van der Waals surface area contributed by atoms with E-state index in [1.54, 1.807) is 31.4 Å². The monoisotopic (exact) mass is 402 g/mol. The number of carbonyl (C=O) groups excluding carboxylic acids is 1. The number of nitrogens with zero attached hydrogens (tertiary/aromatic N) is 2. The summed E-state index contributed by atoms with van der Waals surface area (Å²) in [5, 5.41) is 0. The van der Waals surface area contributed by atoms with Gasteiger partial charge in [0, 0.05) is 44.5 Å². The molecule has 28 heavy (non-hydrogen) atoms. The first kappa shape index (κ1) is 20.4. The second-order valence-electron chi connectivity index (χ2n) is 7.18. The molecule has 2 aromatic carbocycles. The van der Waals surface area contributed by atoms with Crippen molar-refractivity contribution in [3.05, 3.63) is 65.2 Å². The summed E-state index contributed by atoms with van der Waals surface area (Å²) in [6.45, 7) is 3.86. The molecular weight excluding hydrogens is 376 g/mol. The highest BCUT2D eigenvalue weighted by molar-refractivity contribution is 7.89. The number of rotatable bonds is 6. The van der Waals surface area contributed by atoms with Gasteiger partial charge in [-0.3, -0.25) is 9.69 Å². The fourth-order valence-corrected chi connectivity index (χ4v) is 4.13. The number of amides is 1. The molecular formula is C21H26N2O4S. The largest absolute Gasteiger partial charge is 0.497 e. The van der Waals surface area contributed by atoms with Crippen LogP contribution in [0.5, 0.6) is 5.75 Å². The maximum atomic E-state index is 12.7. The Kier molecular flexibility index (Phi) is 6.36. The molecule has 0 atom stereocenters. The fraction of sp³-hybridized carbons (Fsp3) is 0.381. The summed E-state index contributed by atoms with van der Waals surface area (Å²) in [4.78, 5) is 16.9. The minimum atomic E-state index is -3.07. The van der Waals surface area contributed by atoms with Gasteiger partial charge in [-0.15, -0.1) is 0 Å². The van der Waals surface area contributed by atoms with Gasteiger partial charge >= 0.3 is 0 Å². The Hall–Kier alpha value is -2.38. The third-order valence-electron chi connectivity index (χ3n) is 4.85. The Balaban J connectivity index is 1.53. The molecule has 0 aromatic heterocycles. The van der Waals surface area contributed by atoms with Crippen LogP contribution in [0.25, 0.3) is 0 Å². The number of ether oxygens (including phenoxy) is 1. The molecule has 0 unspecified atom stereocenters. The molecule has 0 bridgehead atoms. The Morgan fingerprint density at radius 3 is 2.04 bits per heavy atom. The smallest absolute Gasteiger partial charge is 0.253 e. The normalized spacial score (nSPS) is 15.4. The van der Waals surface area contributed by atoms with E-state index in [0.717, 1.165) is 25.4 Å². The van der Waals surface area contributed by atoms with Gasteiger partial charge in [-0.25, -0.2) is 8.42 Å². The first-order valence-electron chi connectivity index (χ1n) is 9.25. The molecule has 1 heterocycles. The first-order chi connectivity index (χ1) is 13.3. The van der Waals surface area contributed by atoms with Crippen molar-refractivity contribution < 1.29 is 17.9 Å². The summed E-state index contributed by atoms with van der Waals surface area (Å²) < 4.78 is 27.9. The van der Waals surface area contributed by atoms with Gasteiger partial charge in [-0.1, -0.05) is 24.3 Å². The van der Waals surface area contributed by atoms with E-state index in [1.807, 2.05) is 17.0 Å². The van der Waals surface area contributed by atoms with Crippen molar-refractivity contribution in [2.45, 2.75) is 12.3 Å². The van der Waals surface area contributed by atoms with Crippen LogP contribution in [0.2, 0.25) is 0 Å². The molecule has 0 saturated carbocycles. The SMILES string of the molecule is COc1ccc(CN2CCN(C(=O)c3ccc(CS(C)(=O)=O)cc3)CC2)cc1. The number of hydrogen-bond acceptors (Lipinski definition) is 5. The van der Waals surface area contributed by atoms with Crippen LogP contribution in [-0.2, 0) is 22.1 Å². The molecule has 1 saturated heterocycles. The average Bonchev–Trinajstić information content (AvgIpc) is 2.68. The number of sulfone groups is 1. The van der Waals surface area contributed by atoms with E-state index in [4.69, 9.17) is 4.74 Å². The van der Waals surface area contributed by atoms with Crippen LogP contribution in [0.1, 0.15) is 21.5 Å². The van der Waals surface area contributed by atoms with Gasteiger partial charge in [0.2, 0.25) is 0 Å². The van der Waals surface area contributed by atoms with Crippen molar-refractivity contribution in [1.82, 2.24) is 9.80 Å². The van der Waals surface area contributed by atoms with Crippen molar-refractivity contribution in [3.8, 4) is 5.75 Å². The fourth-order valence-electron chi connectivity index (χ4n) is 3.33. The van der Waals surface area contributed by atoms with Crippen LogP contribution in [0, 0.1) is 0 Å². The van der Waals surface area contributed by atoms with Gasteiger partial charge in [0.15, 0.2) is 9.84 Å². The molecule has 3 rings (SSSR count). The summed E-state index contributed by atoms with van der Waals surface area (Å²) in [6, 6.07) is 14.9. The lowest BCUT2D eigenvalue weighted by Crippen LogP contribution is -2.48. The molecule has 1 fully saturated rings. The number of methoxy groups -OCH3 is 1. The highest BCUT2D eigenvalue weighted by Gasteiger charge is 2.22. The molecule has 2 aromatic rings. The van der Waals surface area contributed by atoms with Crippen LogP contribution < -0.4 is 4.74 Å². The Labute approximate surface area is 166 Å². The van der Waals surface area contributed by atoms with Gasteiger partial charge in [0.25, 0.3) is 5.91 Å². The van der Waals surface area contributed by atoms with Crippen molar-refractivity contribution >= 4 is 15.7 Å².